The van der Waals surface area contributed by atoms with Crippen molar-refractivity contribution in [1.82, 2.24) is 4.98 Å². The van der Waals surface area contributed by atoms with E-state index in [4.69, 9.17) is 14.2 Å². The van der Waals surface area contributed by atoms with Gasteiger partial charge in [0, 0.05) is 23.1 Å². The fraction of sp³-hybridized carbons (Fsp3) is 0.200. The molecule has 2 heterocycles. The molecule has 0 radical (unpaired) electrons. The van der Waals surface area contributed by atoms with E-state index >= 15 is 0 Å². The van der Waals surface area contributed by atoms with Crippen LogP contribution >= 0.6 is 11.3 Å². The number of carbonyl (C=O) groups excluding carboxylic acids is 1. The summed E-state index contributed by atoms with van der Waals surface area (Å²) in [5.41, 5.74) is 3.08. The molecular formula is C20H18N2O4S. The van der Waals surface area contributed by atoms with E-state index in [0.29, 0.717) is 18.8 Å². The van der Waals surface area contributed by atoms with Crippen molar-refractivity contribution in [3.8, 4) is 22.8 Å². The third-order valence-corrected chi connectivity index (χ3v) is 4.84. The van der Waals surface area contributed by atoms with Gasteiger partial charge in [0.05, 0.1) is 31.6 Å². The minimum Gasteiger partial charge on any atom is -0.490 e. The number of aromatic nitrogens is 1. The van der Waals surface area contributed by atoms with Crippen LogP contribution in [0.5, 0.6) is 11.5 Å². The van der Waals surface area contributed by atoms with Crippen LogP contribution in [0, 0.1) is 0 Å². The van der Waals surface area contributed by atoms with E-state index in [0.717, 1.165) is 40.0 Å². The number of rotatable bonds is 4. The summed E-state index contributed by atoms with van der Waals surface area (Å²) in [4.78, 5) is 16.3. The van der Waals surface area contributed by atoms with Gasteiger partial charge in [0.1, 0.15) is 0 Å². The van der Waals surface area contributed by atoms with Gasteiger partial charge < -0.3 is 19.5 Å². The van der Waals surface area contributed by atoms with Crippen LogP contribution in [0.25, 0.3) is 11.3 Å². The summed E-state index contributed by atoms with van der Waals surface area (Å²) >= 11 is 1.49. The minimum absolute atomic E-state index is 0.370. The summed E-state index contributed by atoms with van der Waals surface area (Å²) in [6.07, 6.45) is 0.874. The molecule has 27 heavy (non-hydrogen) atoms. The quantitative estimate of drug-likeness (QED) is 0.670. The summed E-state index contributed by atoms with van der Waals surface area (Å²) in [6, 6.07) is 13.0. The Kier molecular flexibility index (Phi) is 4.93. The first-order valence-electron chi connectivity index (χ1n) is 8.54. The van der Waals surface area contributed by atoms with Gasteiger partial charge in [-0.2, -0.15) is 0 Å². The smallest absolute Gasteiger partial charge is 0.337 e. The maximum atomic E-state index is 11.7. The van der Waals surface area contributed by atoms with Crippen molar-refractivity contribution in [2.45, 2.75) is 6.42 Å². The van der Waals surface area contributed by atoms with Gasteiger partial charge >= 0.3 is 5.97 Å². The Morgan fingerprint density at radius 3 is 2.85 bits per heavy atom. The van der Waals surface area contributed by atoms with E-state index in [2.05, 4.69) is 10.3 Å². The van der Waals surface area contributed by atoms with E-state index in [1.165, 1.54) is 18.4 Å². The summed E-state index contributed by atoms with van der Waals surface area (Å²) in [6.45, 7) is 1.32. The summed E-state index contributed by atoms with van der Waals surface area (Å²) in [5, 5.41) is 5.94. The summed E-state index contributed by atoms with van der Waals surface area (Å²) in [7, 11) is 1.37. The highest BCUT2D eigenvalue weighted by atomic mass is 32.1. The highest BCUT2D eigenvalue weighted by molar-refractivity contribution is 7.14. The fourth-order valence-corrected chi connectivity index (χ4v) is 3.49. The van der Waals surface area contributed by atoms with Crippen molar-refractivity contribution in [2.75, 3.05) is 25.6 Å². The van der Waals surface area contributed by atoms with Crippen molar-refractivity contribution < 1.29 is 19.0 Å². The highest BCUT2D eigenvalue weighted by Crippen LogP contribution is 2.35. The molecule has 138 valence electrons. The maximum Gasteiger partial charge on any atom is 0.337 e. The first-order chi connectivity index (χ1) is 13.2. The molecule has 7 heteroatoms. The van der Waals surface area contributed by atoms with Gasteiger partial charge in [-0.05, 0) is 36.4 Å². The number of nitrogens with one attached hydrogen (secondary N) is 1. The largest absolute Gasteiger partial charge is 0.490 e. The van der Waals surface area contributed by atoms with Gasteiger partial charge in [-0.3, -0.25) is 0 Å². The van der Waals surface area contributed by atoms with Crippen LogP contribution in [0.3, 0.4) is 0 Å². The Balaban J connectivity index is 1.54. The predicted molar refractivity (Wildman–Crippen MR) is 104 cm³/mol. The first-order valence-corrected chi connectivity index (χ1v) is 9.42. The SMILES string of the molecule is COC(=O)c1cccc(Nc2nc(-c3ccc4c(c3)OCCCO4)cs2)c1. The molecule has 0 aliphatic carbocycles. The number of thiazole rings is 1. The second kappa shape index (κ2) is 7.67. The molecule has 0 saturated carbocycles. The Morgan fingerprint density at radius 2 is 2.00 bits per heavy atom. The van der Waals surface area contributed by atoms with Crippen molar-refractivity contribution in [2.24, 2.45) is 0 Å². The standard InChI is InChI=1S/C20H18N2O4S/c1-24-19(23)14-4-2-5-15(10-14)21-20-22-16(12-27-20)13-6-7-17-18(11-13)26-9-3-8-25-17/h2,4-7,10-12H,3,8-9H2,1H3,(H,21,22). The zero-order chi connectivity index (χ0) is 18.6. The topological polar surface area (TPSA) is 69.7 Å². The van der Waals surface area contributed by atoms with Crippen molar-refractivity contribution >= 4 is 28.1 Å². The van der Waals surface area contributed by atoms with Crippen molar-refractivity contribution in [1.29, 1.82) is 0 Å². The fourth-order valence-electron chi connectivity index (χ4n) is 2.75. The molecular weight excluding hydrogens is 364 g/mol. The Hall–Kier alpha value is -3.06. The third-order valence-electron chi connectivity index (χ3n) is 4.08. The number of ether oxygens (including phenoxy) is 3. The van der Waals surface area contributed by atoms with Crippen molar-refractivity contribution in [3.63, 3.8) is 0 Å². The van der Waals surface area contributed by atoms with E-state index in [1.807, 2.05) is 29.6 Å². The lowest BCUT2D eigenvalue weighted by atomic mass is 10.1. The molecule has 0 atom stereocenters. The van der Waals surface area contributed by atoms with Gasteiger partial charge in [-0.1, -0.05) is 6.07 Å². The number of benzene rings is 2. The zero-order valence-electron chi connectivity index (χ0n) is 14.7. The van der Waals surface area contributed by atoms with E-state index in [9.17, 15) is 4.79 Å². The predicted octanol–water partition coefficient (Wildman–Crippen LogP) is 4.50. The van der Waals surface area contributed by atoms with Crippen LogP contribution < -0.4 is 14.8 Å². The number of hydrogen-bond donors (Lipinski definition) is 1. The lowest BCUT2D eigenvalue weighted by Gasteiger charge is -2.08. The van der Waals surface area contributed by atoms with E-state index in [-0.39, 0.29) is 5.97 Å². The molecule has 1 aromatic heterocycles. The molecule has 6 nitrogen and oxygen atoms in total. The summed E-state index contributed by atoms with van der Waals surface area (Å²) in [5.74, 6) is 1.15. The van der Waals surface area contributed by atoms with Crippen LogP contribution in [-0.4, -0.2) is 31.3 Å². The maximum absolute atomic E-state index is 11.7. The second-order valence-electron chi connectivity index (χ2n) is 5.95. The van der Waals surface area contributed by atoms with Crippen LogP contribution in [0.2, 0.25) is 0 Å². The van der Waals surface area contributed by atoms with Crippen LogP contribution in [0.4, 0.5) is 10.8 Å². The molecule has 0 unspecified atom stereocenters. The number of fused-ring (bicyclic) bond motifs is 1. The molecule has 0 fully saturated rings. The Morgan fingerprint density at radius 1 is 1.15 bits per heavy atom. The van der Waals surface area contributed by atoms with Gasteiger partial charge in [0.15, 0.2) is 16.6 Å². The monoisotopic (exact) mass is 382 g/mol. The Bertz CT molecular complexity index is 970. The van der Waals surface area contributed by atoms with Gasteiger partial charge in [-0.25, -0.2) is 9.78 Å². The van der Waals surface area contributed by atoms with Crippen LogP contribution in [0.15, 0.2) is 47.8 Å². The van der Waals surface area contributed by atoms with E-state index in [1.54, 1.807) is 18.2 Å². The number of carbonyl (C=O) groups is 1. The molecule has 3 aromatic rings. The molecule has 0 spiro atoms. The molecule has 0 amide bonds. The zero-order valence-corrected chi connectivity index (χ0v) is 15.5. The van der Waals surface area contributed by atoms with E-state index < -0.39 is 0 Å². The van der Waals surface area contributed by atoms with Crippen molar-refractivity contribution in [3.05, 3.63) is 53.4 Å². The third kappa shape index (κ3) is 3.88. The van der Waals surface area contributed by atoms with Gasteiger partial charge in [0.2, 0.25) is 0 Å². The average molecular weight is 382 g/mol. The molecule has 1 N–H and O–H groups in total. The number of hydrogen-bond acceptors (Lipinski definition) is 7. The van der Waals surface area contributed by atoms with Gasteiger partial charge in [-0.15, -0.1) is 11.3 Å². The summed E-state index contributed by atoms with van der Waals surface area (Å²) < 4.78 is 16.2. The van der Waals surface area contributed by atoms with Gasteiger partial charge in [0.25, 0.3) is 0 Å². The number of methoxy groups -OCH3 is 1. The average Bonchev–Trinajstić information content (AvgIpc) is 3.03. The molecule has 0 saturated heterocycles. The van der Waals surface area contributed by atoms with Crippen LogP contribution in [0.1, 0.15) is 16.8 Å². The molecule has 1 aliphatic rings. The normalized spacial score (nSPS) is 12.9. The molecule has 1 aliphatic heterocycles. The number of esters is 1. The number of nitrogens with zero attached hydrogens (tertiary/aromatic N) is 1. The highest BCUT2D eigenvalue weighted by Gasteiger charge is 2.13. The van der Waals surface area contributed by atoms with Crippen LogP contribution in [-0.2, 0) is 4.74 Å². The molecule has 0 bridgehead atoms. The molecule has 2 aromatic carbocycles. The lowest BCUT2D eigenvalue weighted by Crippen LogP contribution is -2.01. The number of anilines is 2. The Labute approximate surface area is 160 Å². The minimum atomic E-state index is -0.370. The first kappa shape index (κ1) is 17.4. The molecule has 4 rings (SSSR count). The second-order valence-corrected chi connectivity index (χ2v) is 6.81. The lowest BCUT2D eigenvalue weighted by molar-refractivity contribution is 0.0601.